The molecule has 0 saturated carbocycles. The molecule has 2 saturated heterocycles. The van der Waals surface area contributed by atoms with E-state index < -0.39 is 47.7 Å². The normalized spacial score (nSPS) is 21.9. The van der Waals surface area contributed by atoms with Crippen LogP contribution in [0.5, 0.6) is 0 Å². The van der Waals surface area contributed by atoms with Crippen LogP contribution in [0.15, 0.2) is 42.5 Å². The predicted octanol–water partition coefficient (Wildman–Crippen LogP) is 6.44. The zero-order valence-electron chi connectivity index (χ0n) is 21.3. The first-order valence-electron chi connectivity index (χ1n) is 12.7. The molecule has 39 heavy (non-hydrogen) atoms. The third-order valence-electron chi connectivity index (χ3n) is 6.85. The van der Waals surface area contributed by atoms with E-state index in [1.807, 2.05) is 4.90 Å². The summed E-state index contributed by atoms with van der Waals surface area (Å²) in [6.07, 6.45) is -9.89. The standard InChI is InChI=1S/C28H29F7N2O2/c1-19(21-16-22(27(30,31)32)18-23(17-21)28(33,34)35)39-26-25(20-6-8-24(29)9-7-20)37(14-15-38-26)13-5-4-12-36-10-2-3-11-36/h6-9,16-19,25-26H,2-3,10-15H2,1H3/t19?,25-,26+/m0/s1. The van der Waals surface area contributed by atoms with Crippen molar-refractivity contribution in [2.75, 3.05) is 39.3 Å². The zero-order chi connectivity index (χ0) is 28.2. The fourth-order valence-electron chi connectivity index (χ4n) is 4.77. The Morgan fingerprint density at radius 1 is 0.897 bits per heavy atom. The highest BCUT2D eigenvalue weighted by atomic mass is 19.4. The predicted molar refractivity (Wildman–Crippen MR) is 130 cm³/mol. The van der Waals surface area contributed by atoms with E-state index in [0.717, 1.165) is 25.9 Å². The number of rotatable bonds is 6. The summed E-state index contributed by atoms with van der Waals surface area (Å²) in [5.74, 6) is 5.85. The molecule has 0 N–H and O–H groups in total. The molecule has 212 valence electrons. The second-order valence-electron chi connectivity index (χ2n) is 9.66. The minimum Gasteiger partial charge on any atom is -0.349 e. The summed E-state index contributed by atoms with van der Waals surface area (Å²) < 4.78 is 106. The highest BCUT2D eigenvalue weighted by Crippen LogP contribution is 2.39. The summed E-state index contributed by atoms with van der Waals surface area (Å²) in [4.78, 5) is 4.21. The van der Waals surface area contributed by atoms with Gasteiger partial charge < -0.3 is 9.47 Å². The molecule has 1 unspecified atom stereocenters. The Labute approximate surface area is 222 Å². The number of likely N-dealkylation sites (tertiary alicyclic amines) is 1. The van der Waals surface area contributed by atoms with Gasteiger partial charge in [-0.25, -0.2) is 4.39 Å². The summed E-state index contributed by atoms with van der Waals surface area (Å²) in [6.45, 7) is 5.01. The van der Waals surface area contributed by atoms with Crippen LogP contribution in [0.25, 0.3) is 0 Å². The summed E-state index contributed by atoms with van der Waals surface area (Å²) in [5.41, 5.74) is -2.51. The number of halogens is 7. The van der Waals surface area contributed by atoms with Gasteiger partial charge in [0.15, 0.2) is 6.29 Å². The van der Waals surface area contributed by atoms with E-state index in [9.17, 15) is 30.7 Å². The molecule has 2 aromatic rings. The van der Waals surface area contributed by atoms with Crippen LogP contribution in [0.1, 0.15) is 54.2 Å². The van der Waals surface area contributed by atoms with Crippen LogP contribution < -0.4 is 0 Å². The molecule has 0 spiro atoms. The van der Waals surface area contributed by atoms with Gasteiger partial charge in [-0.3, -0.25) is 9.80 Å². The average Bonchev–Trinajstić information content (AvgIpc) is 3.40. The van der Waals surface area contributed by atoms with Crippen molar-refractivity contribution in [2.45, 2.75) is 50.6 Å². The molecular formula is C28H29F7N2O2. The van der Waals surface area contributed by atoms with Gasteiger partial charge in [-0.05, 0) is 74.3 Å². The highest BCUT2D eigenvalue weighted by molar-refractivity contribution is 5.35. The lowest BCUT2D eigenvalue weighted by Crippen LogP contribution is -2.46. The van der Waals surface area contributed by atoms with Crippen LogP contribution in [0, 0.1) is 17.7 Å². The minimum atomic E-state index is -4.97. The van der Waals surface area contributed by atoms with E-state index in [-0.39, 0.29) is 18.2 Å². The van der Waals surface area contributed by atoms with Gasteiger partial charge >= 0.3 is 12.4 Å². The lowest BCUT2D eigenvalue weighted by Gasteiger charge is -2.41. The fraction of sp³-hybridized carbons (Fsp3) is 0.500. The third kappa shape index (κ3) is 7.72. The molecule has 0 aliphatic carbocycles. The van der Waals surface area contributed by atoms with E-state index in [4.69, 9.17) is 9.47 Å². The molecule has 11 heteroatoms. The number of benzene rings is 2. The van der Waals surface area contributed by atoms with E-state index in [1.54, 1.807) is 12.1 Å². The number of ether oxygens (including phenoxy) is 2. The van der Waals surface area contributed by atoms with Crippen molar-refractivity contribution < 1.29 is 40.2 Å². The topological polar surface area (TPSA) is 24.9 Å². The van der Waals surface area contributed by atoms with Gasteiger partial charge in [0.05, 0.1) is 43.0 Å². The maximum atomic E-state index is 13.7. The largest absolute Gasteiger partial charge is 0.416 e. The Hall–Kier alpha value is -2.65. The average molecular weight is 559 g/mol. The number of hydrogen-bond donors (Lipinski definition) is 0. The number of morpholine rings is 1. The maximum absolute atomic E-state index is 13.7. The molecule has 2 aromatic carbocycles. The summed E-state index contributed by atoms with van der Waals surface area (Å²) in [7, 11) is 0. The fourth-order valence-corrected chi connectivity index (χ4v) is 4.77. The molecular weight excluding hydrogens is 529 g/mol. The van der Waals surface area contributed by atoms with Gasteiger partial charge in [0, 0.05) is 6.54 Å². The molecule has 4 rings (SSSR count). The van der Waals surface area contributed by atoms with Gasteiger partial charge in [-0.1, -0.05) is 24.0 Å². The number of nitrogens with zero attached hydrogens (tertiary/aromatic N) is 2. The van der Waals surface area contributed by atoms with Gasteiger partial charge in [-0.15, -0.1) is 0 Å². The molecule has 3 atom stereocenters. The second-order valence-corrected chi connectivity index (χ2v) is 9.66. The maximum Gasteiger partial charge on any atom is 0.416 e. The van der Waals surface area contributed by atoms with Gasteiger partial charge in [-0.2, -0.15) is 26.3 Å². The Kier molecular flexibility index (Phi) is 9.21. The highest BCUT2D eigenvalue weighted by Gasteiger charge is 2.39. The molecule has 2 aliphatic rings. The summed E-state index contributed by atoms with van der Waals surface area (Å²) >= 11 is 0. The summed E-state index contributed by atoms with van der Waals surface area (Å²) in [5, 5.41) is 0. The van der Waals surface area contributed by atoms with Crippen molar-refractivity contribution in [2.24, 2.45) is 0 Å². The molecule has 0 aromatic heterocycles. The van der Waals surface area contributed by atoms with E-state index >= 15 is 0 Å². The third-order valence-corrected chi connectivity index (χ3v) is 6.85. The van der Waals surface area contributed by atoms with Crippen molar-refractivity contribution in [3.63, 3.8) is 0 Å². The Morgan fingerprint density at radius 2 is 1.49 bits per heavy atom. The lowest BCUT2D eigenvalue weighted by atomic mass is 10.0. The first kappa shape index (κ1) is 29.3. The zero-order valence-corrected chi connectivity index (χ0v) is 21.3. The quantitative estimate of drug-likeness (QED) is 0.301. The number of hydrogen-bond acceptors (Lipinski definition) is 4. The van der Waals surface area contributed by atoms with E-state index in [2.05, 4.69) is 16.7 Å². The van der Waals surface area contributed by atoms with Crippen molar-refractivity contribution in [1.82, 2.24) is 9.80 Å². The van der Waals surface area contributed by atoms with Gasteiger partial charge in [0.25, 0.3) is 0 Å². The molecule has 2 fully saturated rings. The minimum absolute atomic E-state index is 0.0806. The lowest BCUT2D eigenvalue weighted by molar-refractivity contribution is -0.228. The number of alkyl halides is 6. The first-order chi connectivity index (χ1) is 18.4. The Bertz CT molecular complexity index is 1130. The molecule has 0 bridgehead atoms. The monoisotopic (exact) mass is 558 g/mol. The van der Waals surface area contributed by atoms with Crippen molar-refractivity contribution in [3.8, 4) is 11.8 Å². The smallest absolute Gasteiger partial charge is 0.349 e. The summed E-state index contributed by atoms with van der Waals surface area (Å²) in [6, 6.07) is 6.40. The molecule has 2 aliphatic heterocycles. The molecule has 2 heterocycles. The van der Waals surface area contributed by atoms with E-state index in [0.29, 0.717) is 37.3 Å². The van der Waals surface area contributed by atoms with Crippen molar-refractivity contribution in [3.05, 3.63) is 70.5 Å². The Balaban J connectivity index is 1.58. The van der Waals surface area contributed by atoms with Crippen LogP contribution in [0.2, 0.25) is 0 Å². The van der Waals surface area contributed by atoms with Crippen LogP contribution in [0.4, 0.5) is 30.7 Å². The first-order valence-corrected chi connectivity index (χ1v) is 12.7. The van der Waals surface area contributed by atoms with Crippen LogP contribution in [0.3, 0.4) is 0 Å². The SMILES string of the molecule is CC(O[C@H]1OCCN(CC#CCN2CCCC2)[C@H]1c1ccc(F)cc1)c1cc(C(F)(F)F)cc(C(F)(F)F)c1. The van der Waals surface area contributed by atoms with Gasteiger partial charge in [0.1, 0.15) is 5.82 Å². The molecule has 0 amide bonds. The second kappa shape index (κ2) is 12.3. The van der Waals surface area contributed by atoms with Crippen LogP contribution >= 0.6 is 0 Å². The van der Waals surface area contributed by atoms with E-state index in [1.165, 1.54) is 19.1 Å². The molecule has 0 radical (unpaired) electrons. The van der Waals surface area contributed by atoms with Crippen LogP contribution in [-0.4, -0.2) is 55.4 Å². The Morgan fingerprint density at radius 3 is 2.08 bits per heavy atom. The van der Waals surface area contributed by atoms with Crippen molar-refractivity contribution >= 4 is 0 Å². The van der Waals surface area contributed by atoms with Crippen molar-refractivity contribution in [1.29, 1.82) is 0 Å². The molecule has 4 nitrogen and oxygen atoms in total. The van der Waals surface area contributed by atoms with Crippen LogP contribution in [-0.2, 0) is 21.8 Å². The van der Waals surface area contributed by atoms with Gasteiger partial charge in [0.2, 0.25) is 0 Å².